The lowest BCUT2D eigenvalue weighted by molar-refractivity contribution is -0.143. The van der Waals surface area contributed by atoms with Crippen LogP contribution in [0.15, 0.2) is 6.08 Å². The van der Waals surface area contributed by atoms with E-state index in [1.54, 1.807) is 17.8 Å². The molecule has 1 atom stereocenters. The Kier molecular flexibility index (Phi) is 5.20. The van der Waals surface area contributed by atoms with E-state index >= 15 is 0 Å². The Balaban J connectivity index is 1.85. The lowest BCUT2D eigenvalue weighted by Gasteiger charge is -2.21. The van der Waals surface area contributed by atoms with Crippen LogP contribution in [0.5, 0.6) is 0 Å². The molecule has 0 saturated carbocycles. The van der Waals surface area contributed by atoms with E-state index in [1.807, 2.05) is 6.92 Å². The van der Waals surface area contributed by atoms with Crippen molar-refractivity contribution in [3.63, 3.8) is 0 Å². The van der Waals surface area contributed by atoms with Gasteiger partial charge in [0.2, 0.25) is 0 Å². The van der Waals surface area contributed by atoms with Crippen LogP contribution >= 0.6 is 11.6 Å². The normalized spacial score (nSPS) is 19.4. The fourth-order valence-corrected chi connectivity index (χ4v) is 2.39. The molecule has 2 heterocycles. The van der Waals surface area contributed by atoms with E-state index in [4.69, 9.17) is 21.1 Å². The fraction of sp³-hybridized carbons (Fsp3) is 0.571. The third-order valence-corrected chi connectivity index (χ3v) is 3.72. The van der Waals surface area contributed by atoms with Crippen LogP contribution in [0, 0.1) is 6.92 Å². The molecular weight excluding hydrogens is 280 g/mol. The molecule has 0 radical (unpaired) electrons. The number of carbonyl (C=O) groups excluding carboxylic acids is 1. The number of halogens is 1. The molecule has 0 aliphatic carbocycles. The van der Waals surface area contributed by atoms with Gasteiger partial charge in [-0.15, -0.1) is 0 Å². The summed E-state index contributed by atoms with van der Waals surface area (Å²) in [5, 5.41) is 4.67. The molecular formula is C14H19ClN2O3. The van der Waals surface area contributed by atoms with Crippen molar-refractivity contribution >= 4 is 23.6 Å². The van der Waals surface area contributed by atoms with Gasteiger partial charge < -0.3 is 9.47 Å². The summed E-state index contributed by atoms with van der Waals surface area (Å²) >= 11 is 6.07. The predicted octanol–water partition coefficient (Wildman–Crippen LogP) is 2.51. The highest BCUT2D eigenvalue weighted by molar-refractivity contribution is 6.31. The zero-order valence-electron chi connectivity index (χ0n) is 11.8. The molecule has 6 heteroatoms. The van der Waals surface area contributed by atoms with Crippen molar-refractivity contribution in [2.75, 3.05) is 13.2 Å². The van der Waals surface area contributed by atoms with E-state index in [0.717, 1.165) is 37.1 Å². The summed E-state index contributed by atoms with van der Waals surface area (Å²) in [4.78, 5) is 11.7. The van der Waals surface area contributed by atoms with Gasteiger partial charge in [-0.25, -0.2) is 4.79 Å². The van der Waals surface area contributed by atoms with E-state index in [-0.39, 0.29) is 6.10 Å². The fourth-order valence-electron chi connectivity index (χ4n) is 2.15. The van der Waals surface area contributed by atoms with Gasteiger partial charge >= 0.3 is 5.97 Å². The minimum Gasteiger partial charge on any atom is -0.460 e. The van der Waals surface area contributed by atoms with Crippen LogP contribution < -0.4 is 0 Å². The molecule has 0 bridgehead atoms. The molecule has 1 aliphatic rings. The molecule has 0 spiro atoms. The Labute approximate surface area is 123 Å². The summed E-state index contributed by atoms with van der Waals surface area (Å²) in [5.41, 5.74) is 1.51. The highest BCUT2D eigenvalue weighted by Crippen LogP contribution is 2.20. The summed E-state index contributed by atoms with van der Waals surface area (Å²) in [6.45, 7) is 2.90. The number of nitrogens with zero attached hydrogens (tertiary/aromatic N) is 2. The Morgan fingerprint density at radius 1 is 1.60 bits per heavy atom. The van der Waals surface area contributed by atoms with E-state index in [0.29, 0.717) is 11.8 Å². The largest absolute Gasteiger partial charge is 0.460 e. The van der Waals surface area contributed by atoms with Crippen LogP contribution in [0.3, 0.4) is 0 Å². The summed E-state index contributed by atoms with van der Waals surface area (Å²) in [6, 6.07) is 0. The predicted molar refractivity (Wildman–Crippen MR) is 76.5 cm³/mol. The third-order valence-electron chi connectivity index (χ3n) is 3.27. The van der Waals surface area contributed by atoms with E-state index in [2.05, 4.69) is 5.10 Å². The Bertz CT molecular complexity index is 505. The standard InChI is InChI=1S/C14H19ClN2O3/c1-10-12(14(15)17(2)16-10)6-7-13(18)20-9-11-5-3-4-8-19-11/h6-7,11H,3-5,8-9H2,1-2H3/b7-6+. The van der Waals surface area contributed by atoms with Crippen molar-refractivity contribution in [3.8, 4) is 0 Å². The van der Waals surface area contributed by atoms with Gasteiger partial charge in [0.05, 0.1) is 11.8 Å². The van der Waals surface area contributed by atoms with Gasteiger partial charge in [0.1, 0.15) is 11.8 Å². The maximum absolute atomic E-state index is 11.7. The molecule has 0 aromatic carbocycles. The minimum atomic E-state index is -0.390. The third kappa shape index (κ3) is 3.84. The van der Waals surface area contributed by atoms with Crippen molar-refractivity contribution in [1.29, 1.82) is 0 Å². The zero-order chi connectivity index (χ0) is 14.5. The van der Waals surface area contributed by atoms with Gasteiger partial charge in [-0.3, -0.25) is 4.68 Å². The first-order valence-corrected chi connectivity index (χ1v) is 7.11. The summed E-state index contributed by atoms with van der Waals surface area (Å²) in [7, 11) is 1.76. The number of aryl methyl sites for hydroxylation is 2. The molecule has 1 aromatic heterocycles. The number of hydrogen-bond acceptors (Lipinski definition) is 4. The summed E-state index contributed by atoms with van der Waals surface area (Å²) in [6.07, 6.45) is 6.20. The van der Waals surface area contributed by atoms with Crippen molar-refractivity contribution < 1.29 is 14.3 Å². The number of aromatic nitrogens is 2. The van der Waals surface area contributed by atoms with Gasteiger partial charge in [0.15, 0.2) is 0 Å². The van der Waals surface area contributed by atoms with Gasteiger partial charge in [-0.2, -0.15) is 5.10 Å². The van der Waals surface area contributed by atoms with Crippen LogP contribution in [-0.2, 0) is 21.3 Å². The summed E-state index contributed by atoms with van der Waals surface area (Å²) < 4.78 is 12.2. The molecule has 1 saturated heterocycles. The molecule has 1 fully saturated rings. The van der Waals surface area contributed by atoms with E-state index < -0.39 is 5.97 Å². The molecule has 5 nitrogen and oxygen atoms in total. The molecule has 20 heavy (non-hydrogen) atoms. The zero-order valence-corrected chi connectivity index (χ0v) is 12.5. The maximum Gasteiger partial charge on any atom is 0.330 e. The Morgan fingerprint density at radius 3 is 3.00 bits per heavy atom. The minimum absolute atomic E-state index is 0.0322. The topological polar surface area (TPSA) is 53.4 Å². The summed E-state index contributed by atoms with van der Waals surface area (Å²) in [5.74, 6) is -0.390. The number of hydrogen-bond donors (Lipinski definition) is 0. The van der Waals surface area contributed by atoms with Gasteiger partial charge in [-0.1, -0.05) is 11.6 Å². The number of rotatable bonds is 4. The molecule has 0 N–H and O–H groups in total. The average molecular weight is 299 g/mol. The molecule has 2 rings (SSSR count). The van der Waals surface area contributed by atoms with Crippen LogP contribution in [-0.4, -0.2) is 35.1 Å². The first-order chi connectivity index (χ1) is 9.58. The van der Waals surface area contributed by atoms with Crippen LogP contribution in [0.2, 0.25) is 5.15 Å². The number of ether oxygens (including phenoxy) is 2. The van der Waals surface area contributed by atoms with Crippen molar-refractivity contribution in [2.45, 2.75) is 32.3 Å². The lowest BCUT2D eigenvalue weighted by Crippen LogP contribution is -2.25. The quantitative estimate of drug-likeness (QED) is 0.633. The number of esters is 1. The Morgan fingerprint density at radius 2 is 2.40 bits per heavy atom. The van der Waals surface area contributed by atoms with Crippen molar-refractivity contribution in [1.82, 2.24) is 9.78 Å². The van der Waals surface area contributed by atoms with Gasteiger partial charge in [0, 0.05) is 25.3 Å². The SMILES string of the molecule is Cc1nn(C)c(Cl)c1/C=C/C(=O)OCC1CCCCO1. The second-order valence-corrected chi connectivity index (χ2v) is 5.22. The van der Waals surface area contributed by atoms with Crippen LogP contribution in [0.1, 0.15) is 30.5 Å². The highest BCUT2D eigenvalue weighted by atomic mass is 35.5. The molecule has 1 aromatic rings. The second-order valence-electron chi connectivity index (χ2n) is 4.87. The first-order valence-electron chi connectivity index (χ1n) is 6.73. The van der Waals surface area contributed by atoms with Crippen LogP contribution in [0.4, 0.5) is 0 Å². The van der Waals surface area contributed by atoms with Crippen molar-refractivity contribution in [2.24, 2.45) is 7.05 Å². The highest BCUT2D eigenvalue weighted by Gasteiger charge is 2.15. The van der Waals surface area contributed by atoms with Crippen molar-refractivity contribution in [3.05, 3.63) is 22.5 Å². The number of carbonyl (C=O) groups is 1. The maximum atomic E-state index is 11.7. The molecule has 1 unspecified atom stereocenters. The van der Waals surface area contributed by atoms with Crippen LogP contribution in [0.25, 0.3) is 6.08 Å². The molecule has 110 valence electrons. The Hall–Kier alpha value is -1.33. The average Bonchev–Trinajstić information content (AvgIpc) is 2.69. The van der Waals surface area contributed by atoms with Gasteiger partial charge in [0.25, 0.3) is 0 Å². The molecule has 1 aliphatic heterocycles. The lowest BCUT2D eigenvalue weighted by atomic mass is 10.1. The van der Waals surface area contributed by atoms with Gasteiger partial charge in [-0.05, 0) is 32.3 Å². The monoisotopic (exact) mass is 298 g/mol. The van der Waals surface area contributed by atoms with E-state index in [9.17, 15) is 4.79 Å². The molecule has 0 amide bonds. The second kappa shape index (κ2) is 6.90. The van der Waals surface area contributed by atoms with E-state index in [1.165, 1.54) is 6.08 Å². The first kappa shape index (κ1) is 15.1. The smallest absolute Gasteiger partial charge is 0.330 e.